The van der Waals surface area contributed by atoms with Crippen molar-refractivity contribution in [3.05, 3.63) is 35.9 Å². The number of carbonyl (C=O) groups excluding carboxylic acids is 1. The van der Waals surface area contributed by atoms with Gasteiger partial charge in [0.25, 0.3) is 0 Å². The summed E-state index contributed by atoms with van der Waals surface area (Å²) in [5, 5.41) is 2.95. The van der Waals surface area contributed by atoms with E-state index in [1.54, 1.807) is 18.2 Å². The average molecular weight is 197 g/mol. The van der Waals surface area contributed by atoms with Crippen LogP contribution < -0.4 is 11.1 Å². The lowest BCUT2D eigenvalue weighted by molar-refractivity contribution is -0.111. The molecule has 1 aromatic rings. The lowest BCUT2D eigenvalue weighted by Crippen LogP contribution is -2.07. The van der Waals surface area contributed by atoms with Crippen molar-refractivity contribution in [3.63, 3.8) is 0 Å². The second kappa shape index (κ2) is 3.96. The Kier molecular flexibility index (Phi) is 2.93. The number of carbonyl (C=O) groups is 1. The lowest BCUT2D eigenvalue weighted by Gasteiger charge is -2.04. The van der Waals surface area contributed by atoms with Crippen LogP contribution in [-0.4, -0.2) is 5.91 Å². The zero-order chi connectivity index (χ0) is 9.84. The van der Waals surface area contributed by atoms with Crippen molar-refractivity contribution in [1.29, 1.82) is 0 Å². The van der Waals surface area contributed by atoms with Crippen molar-refractivity contribution in [1.82, 2.24) is 0 Å². The maximum Gasteiger partial charge on any atom is 0.247 e. The lowest BCUT2D eigenvalue weighted by atomic mass is 10.3. The van der Waals surface area contributed by atoms with Gasteiger partial charge in [-0.05, 0) is 24.3 Å². The molecule has 4 heteroatoms. The number of hydrogen-bond acceptors (Lipinski definition) is 2. The summed E-state index contributed by atoms with van der Waals surface area (Å²) in [7, 11) is 0. The minimum Gasteiger partial charge on any atom is -0.399 e. The third kappa shape index (κ3) is 2.49. The normalized spacial score (nSPS) is 9.31. The van der Waals surface area contributed by atoms with E-state index in [2.05, 4.69) is 11.9 Å². The largest absolute Gasteiger partial charge is 0.399 e. The molecule has 0 radical (unpaired) electrons. The average Bonchev–Trinajstić information content (AvgIpc) is 2.09. The Hall–Kier alpha value is -1.48. The van der Waals surface area contributed by atoms with Crippen LogP contribution in [0, 0.1) is 0 Å². The maximum absolute atomic E-state index is 10.9. The van der Waals surface area contributed by atoms with Gasteiger partial charge in [0.15, 0.2) is 0 Å². The predicted molar refractivity (Wildman–Crippen MR) is 54.7 cm³/mol. The number of amides is 1. The summed E-state index contributed by atoms with van der Waals surface area (Å²) in [6.07, 6.45) is 1.17. The van der Waals surface area contributed by atoms with Crippen molar-refractivity contribution in [2.75, 3.05) is 11.1 Å². The summed E-state index contributed by atoms with van der Waals surface area (Å²) in [6, 6.07) is 4.86. The molecule has 3 nitrogen and oxygen atoms in total. The summed E-state index contributed by atoms with van der Waals surface area (Å²) < 4.78 is 0. The zero-order valence-corrected chi connectivity index (χ0v) is 7.64. The van der Waals surface area contributed by atoms with Crippen molar-refractivity contribution in [2.45, 2.75) is 0 Å². The van der Waals surface area contributed by atoms with E-state index < -0.39 is 0 Å². The Morgan fingerprint density at radius 3 is 2.85 bits per heavy atom. The van der Waals surface area contributed by atoms with Crippen LogP contribution in [0.2, 0.25) is 5.02 Å². The molecule has 1 amide bonds. The fourth-order valence-corrected chi connectivity index (χ4v) is 1.05. The van der Waals surface area contributed by atoms with Crippen LogP contribution in [-0.2, 0) is 4.79 Å². The highest BCUT2D eigenvalue weighted by molar-refractivity contribution is 6.34. The fourth-order valence-electron chi connectivity index (χ4n) is 0.816. The van der Waals surface area contributed by atoms with Crippen LogP contribution in [0.3, 0.4) is 0 Å². The first-order chi connectivity index (χ1) is 6.13. The smallest absolute Gasteiger partial charge is 0.247 e. The molecule has 3 N–H and O–H groups in total. The highest BCUT2D eigenvalue weighted by Crippen LogP contribution is 2.23. The Labute approximate surface area is 81.2 Å². The first kappa shape index (κ1) is 9.61. The zero-order valence-electron chi connectivity index (χ0n) is 6.88. The summed E-state index contributed by atoms with van der Waals surface area (Å²) in [5.41, 5.74) is 6.56. The molecule has 68 valence electrons. The molecule has 0 atom stereocenters. The van der Waals surface area contributed by atoms with Crippen molar-refractivity contribution < 1.29 is 4.79 Å². The topological polar surface area (TPSA) is 55.1 Å². The van der Waals surface area contributed by atoms with Gasteiger partial charge >= 0.3 is 0 Å². The van der Waals surface area contributed by atoms with E-state index in [4.69, 9.17) is 17.3 Å². The van der Waals surface area contributed by atoms with E-state index in [1.807, 2.05) is 0 Å². The summed E-state index contributed by atoms with van der Waals surface area (Å²) >= 11 is 5.80. The second-order valence-electron chi connectivity index (χ2n) is 2.43. The highest BCUT2D eigenvalue weighted by atomic mass is 35.5. The molecule has 0 aromatic heterocycles. The number of nitrogens with two attached hydrogens (primary N) is 1. The molecule has 0 aliphatic heterocycles. The van der Waals surface area contributed by atoms with Gasteiger partial charge in [-0.1, -0.05) is 18.2 Å². The van der Waals surface area contributed by atoms with E-state index in [-0.39, 0.29) is 5.91 Å². The predicted octanol–water partition coefficient (Wildman–Crippen LogP) is 2.05. The van der Waals surface area contributed by atoms with Crippen molar-refractivity contribution in [3.8, 4) is 0 Å². The third-order valence-corrected chi connectivity index (χ3v) is 1.75. The van der Waals surface area contributed by atoms with Gasteiger partial charge in [0, 0.05) is 5.69 Å². The van der Waals surface area contributed by atoms with Gasteiger partial charge in [0.1, 0.15) is 0 Å². The number of halogens is 1. The summed E-state index contributed by atoms with van der Waals surface area (Å²) in [4.78, 5) is 10.9. The monoisotopic (exact) mass is 196 g/mol. The van der Waals surface area contributed by atoms with E-state index >= 15 is 0 Å². The molecule has 0 saturated carbocycles. The Balaban J connectivity index is 2.89. The quantitative estimate of drug-likeness (QED) is 0.562. The third-order valence-electron chi connectivity index (χ3n) is 1.44. The van der Waals surface area contributed by atoms with Crippen LogP contribution in [0.4, 0.5) is 11.4 Å². The minimum atomic E-state index is -0.299. The minimum absolute atomic E-state index is 0.299. The highest BCUT2D eigenvalue weighted by Gasteiger charge is 2.02. The van der Waals surface area contributed by atoms with Crippen LogP contribution in [0.25, 0.3) is 0 Å². The second-order valence-corrected chi connectivity index (χ2v) is 2.84. The van der Waals surface area contributed by atoms with E-state index in [0.717, 1.165) is 0 Å². The molecule has 1 rings (SSSR count). The Bertz CT molecular complexity index is 349. The van der Waals surface area contributed by atoms with Gasteiger partial charge < -0.3 is 11.1 Å². The Morgan fingerprint density at radius 1 is 1.62 bits per heavy atom. The molecule has 13 heavy (non-hydrogen) atoms. The van der Waals surface area contributed by atoms with E-state index in [0.29, 0.717) is 16.4 Å². The van der Waals surface area contributed by atoms with Crippen LogP contribution in [0.15, 0.2) is 30.9 Å². The molecule has 0 fully saturated rings. The van der Waals surface area contributed by atoms with Crippen molar-refractivity contribution in [2.24, 2.45) is 0 Å². The summed E-state index contributed by atoms with van der Waals surface area (Å²) in [5.74, 6) is -0.299. The molecule has 0 saturated heterocycles. The number of benzene rings is 1. The van der Waals surface area contributed by atoms with Gasteiger partial charge in [0.05, 0.1) is 10.7 Å². The number of anilines is 2. The molecule has 1 aromatic carbocycles. The van der Waals surface area contributed by atoms with Gasteiger partial charge in [-0.2, -0.15) is 0 Å². The van der Waals surface area contributed by atoms with Crippen LogP contribution in [0.1, 0.15) is 0 Å². The van der Waals surface area contributed by atoms with Crippen LogP contribution >= 0.6 is 11.6 Å². The van der Waals surface area contributed by atoms with Crippen molar-refractivity contribution >= 4 is 28.9 Å². The number of nitrogen functional groups attached to an aromatic ring is 1. The molecule has 0 aliphatic rings. The molecule has 0 bridgehead atoms. The molecule has 0 aliphatic carbocycles. The molecule has 0 spiro atoms. The molecular weight excluding hydrogens is 188 g/mol. The first-order valence-electron chi connectivity index (χ1n) is 3.62. The maximum atomic E-state index is 10.9. The van der Waals surface area contributed by atoms with E-state index in [1.165, 1.54) is 6.08 Å². The standard InChI is InChI=1S/C9H9ClN2O/c1-2-9(13)12-8-4-3-6(11)5-7(8)10/h2-5H,1,11H2,(H,12,13). The summed E-state index contributed by atoms with van der Waals surface area (Å²) in [6.45, 7) is 3.32. The molecule has 0 heterocycles. The Morgan fingerprint density at radius 2 is 2.31 bits per heavy atom. The molecule has 0 unspecified atom stereocenters. The fraction of sp³-hybridized carbons (Fsp3) is 0. The van der Waals surface area contributed by atoms with Gasteiger partial charge in [0.2, 0.25) is 5.91 Å². The molecular formula is C9H9ClN2O. The number of hydrogen-bond donors (Lipinski definition) is 2. The SMILES string of the molecule is C=CC(=O)Nc1ccc(N)cc1Cl. The van der Waals surface area contributed by atoms with Gasteiger partial charge in [-0.25, -0.2) is 0 Å². The first-order valence-corrected chi connectivity index (χ1v) is 3.99. The number of nitrogens with one attached hydrogen (secondary N) is 1. The van der Waals surface area contributed by atoms with E-state index in [9.17, 15) is 4.79 Å². The number of rotatable bonds is 2. The van der Waals surface area contributed by atoms with Gasteiger partial charge in [-0.3, -0.25) is 4.79 Å². The van der Waals surface area contributed by atoms with Gasteiger partial charge in [-0.15, -0.1) is 0 Å². The van der Waals surface area contributed by atoms with Crippen LogP contribution in [0.5, 0.6) is 0 Å².